The van der Waals surface area contributed by atoms with Gasteiger partial charge in [0.1, 0.15) is 0 Å². The molecule has 0 aliphatic carbocycles. The zero-order valence-corrected chi connectivity index (χ0v) is 23.5. The Morgan fingerprint density at radius 2 is 0.923 bits per heavy atom. The van der Waals surface area contributed by atoms with Crippen LogP contribution in [-0.2, 0) is 10.8 Å². The van der Waals surface area contributed by atoms with E-state index < -0.39 is 0 Å². The molecule has 0 bridgehead atoms. The molecule has 192 valence electrons. The van der Waals surface area contributed by atoms with Crippen molar-refractivity contribution in [3.05, 3.63) is 103 Å². The number of nitrogens with zero attached hydrogens (tertiary/aromatic N) is 3. The van der Waals surface area contributed by atoms with Crippen molar-refractivity contribution in [1.29, 1.82) is 0 Å². The minimum Gasteiger partial charge on any atom is -0.305 e. The van der Waals surface area contributed by atoms with Gasteiger partial charge in [-0.15, -0.1) is 0 Å². The van der Waals surface area contributed by atoms with E-state index >= 15 is 0 Å². The van der Waals surface area contributed by atoms with Crippen molar-refractivity contribution in [3.63, 3.8) is 0 Å². The molecule has 0 N–H and O–H groups in total. The van der Waals surface area contributed by atoms with Crippen molar-refractivity contribution in [2.24, 2.45) is 0 Å². The maximum Gasteiger partial charge on any atom is 0.0731 e. The van der Waals surface area contributed by atoms with Gasteiger partial charge in [-0.25, -0.2) is 0 Å². The van der Waals surface area contributed by atoms with Crippen molar-refractivity contribution in [3.8, 4) is 22.3 Å². The number of fused-ring (bicyclic) bond motifs is 6. The molecule has 4 heterocycles. The highest BCUT2D eigenvalue weighted by Crippen LogP contribution is 2.46. The molecule has 3 aromatic carbocycles. The van der Waals surface area contributed by atoms with Gasteiger partial charge in [-0.05, 0) is 33.1 Å². The van der Waals surface area contributed by atoms with Crippen LogP contribution in [0.2, 0.25) is 0 Å². The Hall–Kier alpha value is -4.24. The maximum absolute atomic E-state index is 4.80. The molecule has 0 spiro atoms. The number of hydrogen-bond donors (Lipinski definition) is 0. The van der Waals surface area contributed by atoms with Crippen LogP contribution in [0.4, 0.5) is 0 Å². The topological polar surface area (TPSA) is 30.2 Å². The first-order chi connectivity index (χ1) is 18.7. The fourth-order valence-electron chi connectivity index (χ4n) is 6.52. The van der Waals surface area contributed by atoms with E-state index in [4.69, 9.17) is 9.97 Å². The van der Waals surface area contributed by atoms with Crippen molar-refractivity contribution < 1.29 is 0 Å². The van der Waals surface area contributed by atoms with E-state index in [1.165, 1.54) is 60.4 Å². The predicted molar refractivity (Wildman–Crippen MR) is 165 cm³/mol. The number of hydrogen-bond acceptors (Lipinski definition) is 2. The van der Waals surface area contributed by atoms with Gasteiger partial charge in [0, 0.05) is 45.1 Å². The van der Waals surface area contributed by atoms with Gasteiger partial charge < -0.3 is 4.40 Å². The fourth-order valence-corrected chi connectivity index (χ4v) is 6.52. The first kappa shape index (κ1) is 23.8. The molecule has 0 atom stereocenters. The summed E-state index contributed by atoms with van der Waals surface area (Å²) in [6.45, 7) is 13.7. The number of rotatable bonds is 2. The van der Waals surface area contributed by atoms with E-state index in [1.54, 1.807) is 0 Å². The normalized spacial score (nSPS) is 12.9. The third-order valence-electron chi connectivity index (χ3n) is 8.18. The van der Waals surface area contributed by atoms with Crippen LogP contribution in [0.3, 0.4) is 0 Å². The highest BCUT2D eigenvalue weighted by Gasteiger charge is 2.26. The second-order valence-corrected chi connectivity index (χ2v) is 12.8. The van der Waals surface area contributed by atoms with Gasteiger partial charge in [0.25, 0.3) is 0 Å². The number of benzene rings is 3. The van der Waals surface area contributed by atoms with Crippen LogP contribution in [0.5, 0.6) is 0 Å². The minimum absolute atomic E-state index is 0.0191. The van der Waals surface area contributed by atoms with E-state index in [0.29, 0.717) is 0 Å². The van der Waals surface area contributed by atoms with E-state index in [-0.39, 0.29) is 10.8 Å². The van der Waals surface area contributed by atoms with Gasteiger partial charge in [0.15, 0.2) is 0 Å². The molecule has 3 heteroatoms. The van der Waals surface area contributed by atoms with E-state index in [2.05, 4.69) is 113 Å². The van der Waals surface area contributed by atoms with Gasteiger partial charge in [0.2, 0.25) is 0 Å². The Morgan fingerprint density at radius 1 is 0.487 bits per heavy atom. The number of aromatic nitrogens is 3. The second-order valence-electron chi connectivity index (χ2n) is 12.8. The maximum atomic E-state index is 4.80. The van der Waals surface area contributed by atoms with Gasteiger partial charge in [-0.3, -0.25) is 9.97 Å². The summed E-state index contributed by atoms with van der Waals surface area (Å²) in [5, 5.41) is 5.03. The third-order valence-corrected chi connectivity index (χ3v) is 8.18. The largest absolute Gasteiger partial charge is 0.305 e. The molecule has 0 unspecified atom stereocenters. The minimum atomic E-state index is 0.0191. The standard InChI is InChI=1S/C36H33N3/c1-35(2,3)28-16-9-7-12-22(28)26-18-37-20-30-32(26)24-14-11-15-25-33-27(19-38-21-31(33)39(30)34(24)25)23-13-8-10-17-29(23)36(4,5)6/h7-21H,1-6H3. The van der Waals surface area contributed by atoms with Crippen molar-refractivity contribution >= 4 is 38.1 Å². The molecule has 0 fully saturated rings. The Morgan fingerprint density at radius 3 is 1.36 bits per heavy atom. The Kier molecular flexibility index (Phi) is 4.97. The predicted octanol–water partition coefficient (Wildman–Crippen LogP) is 9.56. The summed E-state index contributed by atoms with van der Waals surface area (Å²) in [6, 6.07) is 24.3. The summed E-state index contributed by atoms with van der Waals surface area (Å²) in [5.41, 5.74) is 11.1. The molecule has 0 amide bonds. The molecule has 0 saturated carbocycles. The molecule has 3 nitrogen and oxygen atoms in total. The van der Waals surface area contributed by atoms with Crippen LogP contribution in [0.1, 0.15) is 52.7 Å². The van der Waals surface area contributed by atoms with E-state index in [1.807, 2.05) is 24.8 Å². The summed E-state index contributed by atoms with van der Waals surface area (Å²) in [6.07, 6.45) is 8.13. The van der Waals surface area contributed by atoms with Gasteiger partial charge >= 0.3 is 0 Å². The molecule has 0 aliphatic heterocycles. The lowest BCUT2D eigenvalue weighted by molar-refractivity contribution is 0.592. The third kappa shape index (κ3) is 3.42. The van der Waals surface area contributed by atoms with Gasteiger partial charge in [-0.2, -0.15) is 0 Å². The fraction of sp³-hybridized carbons (Fsp3) is 0.222. The van der Waals surface area contributed by atoms with Crippen LogP contribution < -0.4 is 0 Å². The number of pyridine rings is 2. The van der Waals surface area contributed by atoms with E-state index in [9.17, 15) is 0 Å². The molecular weight excluding hydrogens is 474 g/mol. The lowest BCUT2D eigenvalue weighted by Crippen LogP contribution is -2.12. The highest BCUT2D eigenvalue weighted by molar-refractivity contribution is 6.27. The monoisotopic (exact) mass is 507 g/mol. The summed E-state index contributed by atoms with van der Waals surface area (Å²) in [7, 11) is 0. The summed E-state index contributed by atoms with van der Waals surface area (Å²) < 4.78 is 2.39. The highest BCUT2D eigenvalue weighted by atomic mass is 14.9. The molecule has 7 rings (SSSR count). The number of para-hydroxylation sites is 1. The summed E-state index contributed by atoms with van der Waals surface area (Å²) in [5.74, 6) is 0. The molecule has 4 aromatic heterocycles. The zero-order chi connectivity index (χ0) is 27.1. The smallest absolute Gasteiger partial charge is 0.0731 e. The van der Waals surface area contributed by atoms with Crippen LogP contribution in [0.15, 0.2) is 91.5 Å². The Balaban J connectivity index is 1.62. The second kappa shape index (κ2) is 8.13. The molecule has 0 aliphatic rings. The van der Waals surface area contributed by atoms with Crippen molar-refractivity contribution in [2.45, 2.75) is 52.4 Å². The van der Waals surface area contributed by atoms with Crippen LogP contribution in [0.25, 0.3) is 60.3 Å². The van der Waals surface area contributed by atoms with Gasteiger partial charge in [-0.1, -0.05) is 108 Å². The van der Waals surface area contributed by atoms with Crippen molar-refractivity contribution in [1.82, 2.24) is 14.4 Å². The van der Waals surface area contributed by atoms with Crippen LogP contribution in [0, 0.1) is 0 Å². The zero-order valence-electron chi connectivity index (χ0n) is 23.5. The molecule has 7 aromatic rings. The summed E-state index contributed by atoms with van der Waals surface area (Å²) in [4.78, 5) is 9.60. The van der Waals surface area contributed by atoms with Crippen LogP contribution >= 0.6 is 0 Å². The van der Waals surface area contributed by atoms with Crippen molar-refractivity contribution in [2.75, 3.05) is 0 Å². The molecular formula is C36H33N3. The SMILES string of the molecule is CC(C)(C)c1ccccc1-c1cncc2c1c1cccc3c4c(-c5ccccc5C(C)(C)C)cncc4n2c13. The first-order valence-electron chi connectivity index (χ1n) is 13.8. The quantitative estimate of drug-likeness (QED) is 0.233. The average Bonchev–Trinajstić information content (AvgIpc) is 3.44. The van der Waals surface area contributed by atoms with E-state index in [0.717, 1.165) is 11.0 Å². The van der Waals surface area contributed by atoms with Gasteiger partial charge in [0.05, 0.1) is 28.9 Å². The molecule has 0 radical (unpaired) electrons. The summed E-state index contributed by atoms with van der Waals surface area (Å²) >= 11 is 0. The Bertz CT molecular complexity index is 1890. The molecule has 0 saturated heterocycles. The molecule has 39 heavy (non-hydrogen) atoms. The Labute approximate surface area is 229 Å². The average molecular weight is 508 g/mol. The first-order valence-corrected chi connectivity index (χ1v) is 13.8. The lowest BCUT2D eigenvalue weighted by Gasteiger charge is -2.23. The lowest BCUT2D eigenvalue weighted by atomic mass is 9.81. The van der Waals surface area contributed by atoms with Crippen LogP contribution in [-0.4, -0.2) is 14.4 Å².